The molecule has 23 heavy (non-hydrogen) atoms. The summed E-state index contributed by atoms with van der Waals surface area (Å²) in [5, 5.41) is 0. The number of carbonyl (C=O) groups is 1. The lowest BCUT2D eigenvalue weighted by Crippen LogP contribution is -2.19. The highest BCUT2D eigenvalue weighted by atomic mass is 19.1. The average Bonchev–Trinajstić information content (AvgIpc) is 2.59. The smallest absolute Gasteiger partial charge is 0.305 e. The van der Waals surface area contributed by atoms with E-state index in [1.54, 1.807) is 6.92 Å². The summed E-state index contributed by atoms with van der Waals surface area (Å²) in [6, 6.07) is 12.2. The van der Waals surface area contributed by atoms with Crippen LogP contribution in [0.4, 0.5) is 4.39 Å². The summed E-state index contributed by atoms with van der Waals surface area (Å²) < 4.78 is 30.4. The number of esters is 1. The van der Waals surface area contributed by atoms with Crippen LogP contribution in [0.2, 0.25) is 0 Å². The van der Waals surface area contributed by atoms with Gasteiger partial charge in [0.1, 0.15) is 18.2 Å². The zero-order valence-corrected chi connectivity index (χ0v) is 12.8. The number of halogens is 1. The van der Waals surface area contributed by atoms with E-state index in [1.807, 2.05) is 30.3 Å². The molecule has 0 unspecified atom stereocenters. The Bertz CT molecular complexity index is 700. The fourth-order valence-electron chi connectivity index (χ4n) is 2.42. The Morgan fingerprint density at radius 2 is 2.09 bits per heavy atom. The first-order valence-corrected chi connectivity index (χ1v) is 7.47. The quantitative estimate of drug-likeness (QED) is 0.803. The molecule has 0 amide bonds. The highest BCUT2D eigenvalue weighted by Crippen LogP contribution is 2.36. The van der Waals surface area contributed by atoms with E-state index in [2.05, 4.69) is 0 Å². The molecule has 0 saturated heterocycles. The Morgan fingerprint density at radius 3 is 2.83 bits per heavy atom. The van der Waals surface area contributed by atoms with Gasteiger partial charge in [-0.15, -0.1) is 0 Å². The molecule has 4 nitrogen and oxygen atoms in total. The molecule has 1 aliphatic heterocycles. The van der Waals surface area contributed by atoms with Gasteiger partial charge in [0, 0.05) is 23.1 Å². The molecule has 0 N–H and O–H groups in total. The van der Waals surface area contributed by atoms with Crippen molar-refractivity contribution in [2.75, 3.05) is 0 Å². The van der Waals surface area contributed by atoms with E-state index in [0.717, 1.165) is 5.56 Å². The maximum Gasteiger partial charge on any atom is 0.305 e. The van der Waals surface area contributed by atoms with Gasteiger partial charge in [-0.25, -0.2) is 4.39 Å². The van der Waals surface area contributed by atoms with E-state index in [9.17, 15) is 9.18 Å². The molecule has 0 saturated carbocycles. The molecule has 0 aliphatic carbocycles. The van der Waals surface area contributed by atoms with Crippen molar-refractivity contribution in [1.29, 1.82) is 0 Å². The summed E-state index contributed by atoms with van der Waals surface area (Å²) in [6.45, 7) is 1.93. The van der Waals surface area contributed by atoms with E-state index in [1.165, 1.54) is 12.1 Å². The molecule has 0 spiro atoms. The van der Waals surface area contributed by atoms with Crippen LogP contribution < -0.4 is 4.74 Å². The first-order valence-electron chi connectivity index (χ1n) is 7.47. The highest BCUT2D eigenvalue weighted by Gasteiger charge is 2.25. The van der Waals surface area contributed by atoms with Crippen molar-refractivity contribution < 1.29 is 23.4 Å². The van der Waals surface area contributed by atoms with E-state index < -0.39 is 12.1 Å². The molecule has 5 heteroatoms. The van der Waals surface area contributed by atoms with Gasteiger partial charge in [0.05, 0.1) is 6.61 Å². The third-order valence-electron chi connectivity index (χ3n) is 3.57. The molecule has 0 radical (unpaired) electrons. The third-order valence-corrected chi connectivity index (χ3v) is 3.57. The van der Waals surface area contributed by atoms with Gasteiger partial charge in [0.2, 0.25) is 6.29 Å². The average molecular weight is 316 g/mol. The summed E-state index contributed by atoms with van der Waals surface area (Å²) in [5.41, 5.74) is 1.99. The summed E-state index contributed by atoms with van der Waals surface area (Å²) in [5.74, 6) is -0.221. The van der Waals surface area contributed by atoms with Crippen LogP contribution in [-0.4, -0.2) is 5.97 Å². The van der Waals surface area contributed by atoms with Crippen molar-refractivity contribution in [3.63, 3.8) is 0 Å². The van der Waals surface area contributed by atoms with Gasteiger partial charge < -0.3 is 14.2 Å². The molecule has 1 atom stereocenters. The van der Waals surface area contributed by atoms with Gasteiger partial charge in [-0.05, 0) is 12.1 Å². The molecule has 2 aromatic carbocycles. The van der Waals surface area contributed by atoms with Crippen molar-refractivity contribution in [2.24, 2.45) is 0 Å². The number of benzene rings is 2. The Balaban J connectivity index is 1.86. The molecular formula is C18H17FO4. The molecule has 1 heterocycles. The summed E-state index contributed by atoms with van der Waals surface area (Å²) in [6.07, 6.45) is -0.288. The van der Waals surface area contributed by atoms with Crippen LogP contribution in [0.5, 0.6) is 5.75 Å². The standard InChI is InChI=1S/C18H17FO4/c1-2-16(20)21-10-13-8-15(19)9-14-11-22-18(23-17(13)14)12-6-4-3-5-7-12/h3-9,18H,2,10-11H2,1H3/t18-/m0/s1. The monoisotopic (exact) mass is 316 g/mol. The lowest BCUT2D eigenvalue weighted by atomic mass is 10.1. The molecule has 3 rings (SSSR count). The van der Waals surface area contributed by atoms with Gasteiger partial charge in [0.15, 0.2) is 0 Å². The minimum absolute atomic E-state index is 0.0196. The number of carbonyl (C=O) groups excluding carboxylic acids is 1. The maximum atomic E-state index is 13.7. The molecule has 0 aromatic heterocycles. The van der Waals surface area contributed by atoms with Crippen molar-refractivity contribution in [3.8, 4) is 5.75 Å². The van der Waals surface area contributed by atoms with Crippen LogP contribution in [0, 0.1) is 5.82 Å². The van der Waals surface area contributed by atoms with E-state index >= 15 is 0 Å². The fourth-order valence-corrected chi connectivity index (χ4v) is 2.42. The van der Waals surface area contributed by atoms with Crippen LogP contribution in [-0.2, 0) is 27.5 Å². The Hall–Kier alpha value is -2.40. The summed E-state index contributed by atoms with van der Waals surface area (Å²) >= 11 is 0. The molecule has 0 bridgehead atoms. The minimum Gasteiger partial charge on any atom is -0.461 e. The number of ether oxygens (including phenoxy) is 3. The largest absolute Gasteiger partial charge is 0.461 e. The van der Waals surface area contributed by atoms with Crippen molar-refractivity contribution >= 4 is 5.97 Å². The van der Waals surface area contributed by atoms with Crippen LogP contribution in [0.1, 0.15) is 36.3 Å². The number of rotatable bonds is 4. The van der Waals surface area contributed by atoms with Gasteiger partial charge in [0.25, 0.3) is 0 Å². The fraction of sp³-hybridized carbons (Fsp3) is 0.278. The van der Waals surface area contributed by atoms with Gasteiger partial charge in [-0.1, -0.05) is 37.3 Å². The zero-order valence-electron chi connectivity index (χ0n) is 12.8. The third kappa shape index (κ3) is 3.51. The molecular weight excluding hydrogens is 299 g/mol. The van der Waals surface area contributed by atoms with Crippen molar-refractivity contribution in [2.45, 2.75) is 32.8 Å². The molecule has 120 valence electrons. The van der Waals surface area contributed by atoms with Crippen molar-refractivity contribution in [1.82, 2.24) is 0 Å². The molecule has 0 fully saturated rings. The van der Waals surface area contributed by atoms with E-state index in [0.29, 0.717) is 16.9 Å². The number of hydrogen-bond acceptors (Lipinski definition) is 4. The van der Waals surface area contributed by atoms with Gasteiger partial charge >= 0.3 is 5.97 Å². The summed E-state index contributed by atoms with van der Waals surface area (Å²) in [4.78, 5) is 11.3. The minimum atomic E-state index is -0.560. The lowest BCUT2D eigenvalue weighted by molar-refractivity contribution is -0.144. The Kier molecular flexibility index (Phi) is 4.57. The zero-order chi connectivity index (χ0) is 16.2. The second-order valence-electron chi connectivity index (χ2n) is 5.24. The van der Waals surface area contributed by atoms with Gasteiger partial charge in [-0.2, -0.15) is 0 Å². The van der Waals surface area contributed by atoms with Crippen LogP contribution >= 0.6 is 0 Å². The van der Waals surface area contributed by atoms with Crippen LogP contribution in [0.15, 0.2) is 42.5 Å². The SMILES string of the molecule is CCC(=O)OCc1cc(F)cc2c1O[C@@H](c1ccccc1)OC2. The first kappa shape index (κ1) is 15.5. The second kappa shape index (κ2) is 6.79. The predicted molar refractivity (Wildman–Crippen MR) is 81.1 cm³/mol. The number of hydrogen-bond donors (Lipinski definition) is 0. The van der Waals surface area contributed by atoms with Crippen molar-refractivity contribution in [3.05, 3.63) is 65.0 Å². The van der Waals surface area contributed by atoms with Crippen LogP contribution in [0.25, 0.3) is 0 Å². The van der Waals surface area contributed by atoms with Gasteiger partial charge in [-0.3, -0.25) is 4.79 Å². The first-order chi connectivity index (χ1) is 11.2. The normalized spacial score (nSPS) is 16.3. The molecule has 1 aliphatic rings. The predicted octanol–water partition coefficient (Wildman–Crippen LogP) is 3.89. The maximum absolute atomic E-state index is 13.7. The van der Waals surface area contributed by atoms with E-state index in [4.69, 9.17) is 14.2 Å². The Labute approximate surface area is 133 Å². The van der Waals surface area contributed by atoms with Crippen LogP contribution in [0.3, 0.4) is 0 Å². The van der Waals surface area contributed by atoms with E-state index in [-0.39, 0.29) is 25.6 Å². The topological polar surface area (TPSA) is 44.8 Å². The highest BCUT2D eigenvalue weighted by molar-refractivity contribution is 5.69. The molecule has 2 aromatic rings. The number of fused-ring (bicyclic) bond motifs is 1. The summed E-state index contributed by atoms with van der Waals surface area (Å²) in [7, 11) is 0. The Morgan fingerprint density at radius 1 is 1.30 bits per heavy atom. The lowest BCUT2D eigenvalue weighted by Gasteiger charge is -2.28. The second-order valence-corrected chi connectivity index (χ2v) is 5.24.